The van der Waals surface area contributed by atoms with Crippen LogP contribution in [-0.2, 0) is 0 Å². The third-order valence-electron chi connectivity index (χ3n) is 9.46. The molecular formula is C45H28N4O. The van der Waals surface area contributed by atoms with Crippen LogP contribution in [-0.4, -0.2) is 19.5 Å². The van der Waals surface area contributed by atoms with Crippen LogP contribution >= 0.6 is 0 Å². The molecule has 0 saturated carbocycles. The second-order valence-corrected chi connectivity index (χ2v) is 12.5. The SMILES string of the molecule is c1ccc(-c2cccc(-c3nc(-c4ccccc4)nc(-n4c5ccccc5c5ccc6c7cc(-c8ccccc8)ccc7oc6c54)n3)c2)cc1. The summed E-state index contributed by atoms with van der Waals surface area (Å²) in [7, 11) is 0. The molecule has 0 spiro atoms. The van der Waals surface area contributed by atoms with Crippen molar-refractivity contribution >= 4 is 43.7 Å². The number of hydrogen-bond donors (Lipinski definition) is 0. The van der Waals surface area contributed by atoms with Crippen LogP contribution in [0, 0.1) is 0 Å². The number of furan rings is 1. The first kappa shape index (κ1) is 28.2. The molecule has 0 aliphatic rings. The van der Waals surface area contributed by atoms with Crippen molar-refractivity contribution in [2.75, 3.05) is 0 Å². The minimum Gasteiger partial charge on any atom is -0.454 e. The van der Waals surface area contributed by atoms with Gasteiger partial charge in [0, 0.05) is 32.7 Å². The third kappa shape index (κ3) is 4.60. The van der Waals surface area contributed by atoms with Crippen LogP contribution in [0.15, 0.2) is 174 Å². The van der Waals surface area contributed by atoms with Gasteiger partial charge in [0.1, 0.15) is 11.1 Å². The van der Waals surface area contributed by atoms with E-state index in [1.807, 2.05) is 42.5 Å². The van der Waals surface area contributed by atoms with E-state index in [2.05, 4.69) is 132 Å². The Balaban J connectivity index is 1.25. The zero-order chi connectivity index (χ0) is 33.0. The van der Waals surface area contributed by atoms with Gasteiger partial charge in [-0.3, -0.25) is 4.57 Å². The average molecular weight is 641 g/mol. The maximum absolute atomic E-state index is 6.75. The Hall–Kier alpha value is -6.85. The number of rotatable bonds is 5. The number of aromatic nitrogens is 4. The van der Waals surface area contributed by atoms with Crippen molar-refractivity contribution < 1.29 is 4.42 Å². The van der Waals surface area contributed by atoms with Crippen molar-refractivity contribution in [2.24, 2.45) is 0 Å². The number of nitrogens with zero attached hydrogens (tertiary/aromatic N) is 4. The van der Waals surface area contributed by atoms with Gasteiger partial charge in [-0.1, -0.05) is 140 Å². The first-order chi connectivity index (χ1) is 24.8. The Morgan fingerprint density at radius 2 is 0.960 bits per heavy atom. The summed E-state index contributed by atoms with van der Waals surface area (Å²) in [5, 5.41) is 4.29. The molecule has 7 aromatic carbocycles. The van der Waals surface area contributed by atoms with Gasteiger partial charge in [0.25, 0.3) is 0 Å². The van der Waals surface area contributed by atoms with Crippen molar-refractivity contribution in [1.82, 2.24) is 19.5 Å². The molecule has 0 atom stereocenters. The van der Waals surface area contributed by atoms with Gasteiger partial charge in [0.15, 0.2) is 17.2 Å². The molecule has 10 aromatic rings. The van der Waals surface area contributed by atoms with E-state index in [0.29, 0.717) is 17.6 Å². The van der Waals surface area contributed by atoms with E-state index in [4.69, 9.17) is 19.4 Å². The van der Waals surface area contributed by atoms with Crippen molar-refractivity contribution in [3.63, 3.8) is 0 Å². The molecule has 5 heteroatoms. The molecule has 3 aromatic heterocycles. The van der Waals surface area contributed by atoms with E-state index in [9.17, 15) is 0 Å². The van der Waals surface area contributed by atoms with E-state index in [0.717, 1.165) is 71.6 Å². The molecule has 0 saturated heterocycles. The van der Waals surface area contributed by atoms with E-state index >= 15 is 0 Å². The summed E-state index contributed by atoms with van der Waals surface area (Å²) in [6.45, 7) is 0. The van der Waals surface area contributed by atoms with Crippen molar-refractivity contribution in [3.05, 3.63) is 170 Å². The van der Waals surface area contributed by atoms with Crippen LogP contribution in [0.4, 0.5) is 0 Å². The van der Waals surface area contributed by atoms with E-state index in [1.54, 1.807) is 0 Å². The highest BCUT2D eigenvalue weighted by molar-refractivity contribution is 6.21. The lowest BCUT2D eigenvalue weighted by atomic mass is 10.0. The molecule has 0 aliphatic heterocycles. The van der Waals surface area contributed by atoms with E-state index in [1.165, 1.54) is 5.56 Å². The molecule has 0 radical (unpaired) electrons. The first-order valence-corrected chi connectivity index (χ1v) is 16.7. The molecule has 0 bridgehead atoms. The monoisotopic (exact) mass is 640 g/mol. The summed E-state index contributed by atoms with van der Waals surface area (Å²) in [4.78, 5) is 15.4. The number of hydrogen-bond acceptors (Lipinski definition) is 4. The summed E-state index contributed by atoms with van der Waals surface area (Å²) in [5.41, 5.74) is 9.94. The Morgan fingerprint density at radius 3 is 1.70 bits per heavy atom. The predicted octanol–water partition coefficient (Wildman–Crippen LogP) is 11.5. The predicted molar refractivity (Wildman–Crippen MR) is 203 cm³/mol. The maximum Gasteiger partial charge on any atom is 0.238 e. The van der Waals surface area contributed by atoms with Crippen LogP contribution in [0.2, 0.25) is 0 Å². The summed E-state index contributed by atoms with van der Waals surface area (Å²) < 4.78 is 8.90. The minimum atomic E-state index is 0.531. The fraction of sp³-hybridized carbons (Fsp3) is 0. The van der Waals surface area contributed by atoms with E-state index in [-0.39, 0.29) is 0 Å². The van der Waals surface area contributed by atoms with Crippen LogP contribution < -0.4 is 0 Å². The highest BCUT2D eigenvalue weighted by Gasteiger charge is 2.22. The van der Waals surface area contributed by atoms with Gasteiger partial charge in [-0.15, -0.1) is 0 Å². The standard InChI is InChI=1S/C45H28N4O/c1-4-13-29(14-5-1)32-19-12-20-34(27-32)44-46-43(31-17-8-3-9-18-31)47-45(48-44)49-39-22-11-10-21-35(39)36-24-25-37-38-28-33(30-15-6-2-7-16-30)23-26-40(38)50-42(37)41(36)49/h1-28H. The first-order valence-electron chi connectivity index (χ1n) is 16.7. The summed E-state index contributed by atoms with van der Waals surface area (Å²) in [5.74, 6) is 1.73. The maximum atomic E-state index is 6.75. The quantitative estimate of drug-likeness (QED) is 0.188. The van der Waals surface area contributed by atoms with Gasteiger partial charge in [-0.2, -0.15) is 9.97 Å². The molecule has 10 rings (SSSR count). The molecule has 0 amide bonds. The molecular weight excluding hydrogens is 613 g/mol. The van der Waals surface area contributed by atoms with E-state index < -0.39 is 0 Å². The zero-order valence-corrected chi connectivity index (χ0v) is 26.9. The minimum absolute atomic E-state index is 0.531. The van der Waals surface area contributed by atoms with Crippen molar-refractivity contribution in [1.29, 1.82) is 0 Å². The lowest BCUT2D eigenvalue weighted by Crippen LogP contribution is -2.06. The molecule has 234 valence electrons. The highest BCUT2D eigenvalue weighted by atomic mass is 16.3. The number of fused-ring (bicyclic) bond motifs is 7. The molecule has 50 heavy (non-hydrogen) atoms. The second kappa shape index (κ2) is 11.4. The molecule has 3 heterocycles. The molecule has 5 nitrogen and oxygen atoms in total. The lowest BCUT2D eigenvalue weighted by Gasteiger charge is -2.11. The largest absolute Gasteiger partial charge is 0.454 e. The van der Waals surface area contributed by atoms with Crippen LogP contribution in [0.1, 0.15) is 0 Å². The van der Waals surface area contributed by atoms with Gasteiger partial charge in [0.2, 0.25) is 5.95 Å². The van der Waals surface area contributed by atoms with Crippen molar-refractivity contribution in [2.45, 2.75) is 0 Å². The van der Waals surface area contributed by atoms with Crippen molar-refractivity contribution in [3.8, 4) is 51.0 Å². The molecule has 0 N–H and O–H groups in total. The summed E-state index contributed by atoms with van der Waals surface area (Å²) in [6.07, 6.45) is 0. The van der Waals surface area contributed by atoms with Crippen LogP contribution in [0.3, 0.4) is 0 Å². The third-order valence-corrected chi connectivity index (χ3v) is 9.46. The number of benzene rings is 7. The van der Waals surface area contributed by atoms with Gasteiger partial charge in [0.05, 0.1) is 5.52 Å². The fourth-order valence-corrected chi connectivity index (χ4v) is 7.08. The lowest BCUT2D eigenvalue weighted by molar-refractivity contribution is 0.670. The Labute approximate surface area is 287 Å². The zero-order valence-electron chi connectivity index (χ0n) is 26.9. The Morgan fingerprint density at radius 1 is 0.380 bits per heavy atom. The van der Waals surface area contributed by atoms with Gasteiger partial charge >= 0.3 is 0 Å². The van der Waals surface area contributed by atoms with Gasteiger partial charge in [-0.25, -0.2) is 4.98 Å². The molecule has 0 fully saturated rings. The smallest absolute Gasteiger partial charge is 0.238 e. The van der Waals surface area contributed by atoms with Gasteiger partial charge in [-0.05, 0) is 52.6 Å². The average Bonchev–Trinajstić information content (AvgIpc) is 3.74. The second-order valence-electron chi connectivity index (χ2n) is 12.5. The highest BCUT2D eigenvalue weighted by Crippen LogP contribution is 2.41. The van der Waals surface area contributed by atoms with Crippen LogP contribution in [0.5, 0.6) is 0 Å². The topological polar surface area (TPSA) is 56.7 Å². The Kier molecular flexibility index (Phi) is 6.42. The fourth-order valence-electron chi connectivity index (χ4n) is 7.08. The van der Waals surface area contributed by atoms with Crippen LogP contribution in [0.25, 0.3) is 94.7 Å². The molecule has 0 aliphatic carbocycles. The number of para-hydroxylation sites is 1. The summed E-state index contributed by atoms with van der Waals surface area (Å²) >= 11 is 0. The van der Waals surface area contributed by atoms with Gasteiger partial charge < -0.3 is 4.42 Å². The molecule has 0 unspecified atom stereocenters. The normalized spacial score (nSPS) is 11.6. The Bertz CT molecular complexity index is 2860. The summed E-state index contributed by atoms with van der Waals surface area (Å²) in [6, 6.07) is 58.5.